The molecule has 0 saturated carbocycles. The van der Waals surface area contributed by atoms with Crippen LogP contribution in [0.3, 0.4) is 0 Å². The van der Waals surface area contributed by atoms with E-state index in [1.165, 1.54) is 11.6 Å². The summed E-state index contributed by atoms with van der Waals surface area (Å²) >= 11 is 0. The summed E-state index contributed by atoms with van der Waals surface area (Å²) in [6, 6.07) is 9.25. The van der Waals surface area contributed by atoms with Crippen molar-refractivity contribution in [2.45, 2.75) is 65.1 Å². The van der Waals surface area contributed by atoms with Gasteiger partial charge in [-0.25, -0.2) is 0 Å². The van der Waals surface area contributed by atoms with E-state index in [-0.39, 0.29) is 41.2 Å². The molecule has 3 aliphatic rings. The number of nitrogens with zero attached hydrogens (tertiary/aromatic N) is 3. The zero-order valence-electron chi connectivity index (χ0n) is 23.3. The van der Waals surface area contributed by atoms with Crippen molar-refractivity contribution in [2.75, 3.05) is 26.2 Å². The number of carbonyl (C=O) groups excluding carboxylic acids is 2. The maximum absolute atomic E-state index is 13.3. The fourth-order valence-corrected chi connectivity index (χ4v) is 6.27. The molecule has 0 aliphatic carbocycles. The van der Waals surface area contributed by atoms with E-state index in [1.54, 1.807) is 11.0 Å². The van der Waals surface area contributed by atoms with E-state index in [4.69, 9.17) is 0 Å². The van der Waals surface area contributed by atoms with Crippen LogP contribution in [0.4, 0.5) is 0 Å². The van der Waals surface area contributed by atoms with Crippen molar-refractivity contribution in [1.29, 1.82) is 0 Å². The Hall–Kier alpha value is -3.59. The SMILES string of the molecule is CC(C)c1cc(C(=O)N2Cc3ccc(CN4CCC(CN5CCC(C(=O)O)CC5=O)CC4)cc3C2)c(O)cc1O. The number of benzene rings is 2. The van der Waals surface area contributed by atoms with Gasteiger partial charge in [0.25, 0.3) is 5.91 Å². The summed E-state index contributed by atoms with van der Waals surface area (Å²) in [5, 5.41) is 29.7. The normalized spacial score (nSPS) is 20.3. The fraction of sp³-hybridized carbons (Fsp3) is 0.516. The highest BCUT2D eigenvalue weighted by Crippen LogP contribution is 2.35. The monoisotopic (exact) mass is 549 g/mol. The predicted molar refractivity (Wildman–Crippen MR) is 149 cm³/mol. The molecule has 0 aromatic heterocycles. The maximum atomic E-state index is 13.3. The Morgan fingerprint density at radius 1 is 0.950 bits per heavy atom. The smallest absolute Gasteiger partial charge is 0.307 e. The highest BCUT2D eigenvalue weighted by molar-refractivity contribution is 5.97. The van der Waals surface area contributed by atoms with E-state index in [2.05, 4.69) is 23.1 Å². The fourth-order valence-electron chi connectivity index (χ4n) is 6.27. The summed E-state index contributed by atoms with van der Waals surface area (Å²) < 4.78 is 0. The lowest BCUT2D eigenvalue weighted by Crippen LogP contribution is -2.45. The average Bonchev–Trinajstić information content (AvgIpc) is 3.34. The number of phenols is 2. The second-order valence-electron chi connectivity index (χ2n) is 11.9. The van der Waals surface area contributed by atoms with Crippen molar-refractivity contribution >= 4 is 17.8 Å². The van der Waals surface area contributed by atoms with Crippen LogP contribution in [0.5, 0.6) is 11.5 Å². The summed E-state index contributed by atoms with van der Waals surface area (Å²) in [4.78, 5) is 42.9. The third-order valence-electron chi connectivity index (χ3n) is 8.74. The first-order chi connectivity index (χ1) is 19.1. The first-order valence-electron chi connectivity index (χ1n) is 14.3. The number of rotatable bonds is 7. The first kappa shape index (κ1) is 28.0. The van der Waals surface area contributed by atoms with Crippen molar-refractivity contribution in [3.05, 3.63) is 58.1 Å². The molecule has 2 fully saturated rings. The Morgan fingerprint density at radius 3 is 2.35 bits per heavy atom. The quantitative estimate of drug-likeness (QED) is 0.479. The molecule has 2 aromatic carbocycles. The van der Waals surface area contributed by atoms with Crippen LogP contribution in [-0.2, 0) is 29.2 Å². The van der Waals surface area contributed by atoms with Crippen LogP contribution in [0.15, 0.2) is 30.3 Å². The molecule has 1 atom stereocenters. The first-order valence-corrected chi connectivity index (χ1v) is 14.3. The number of phenolic OH excluding ortho intramolecular Hbond substituents is 2. The van der Waals surface area contributed by atoms with Gasteiger partial charge in [-0.2, -0.15) is 0 Å². The summed E-state index contributed by atoms with van der Waals surface area (Å²) in [6.07, 6.45) is 2.67. The van der Waals surface area contributed by atoms with Crippen LogP contribution in [0.2, 0.25) is 0 Å². The van der Waals surface area contributed by atoms with Crippen molar-refractivity contribution in [3.8, 4) is 11.5 Å². The standard InChI is InChI=1S/C31H39N3O6/c1-19(2)25-13-26(28(36)14-27(25)35)30(38)34-17-23-4-3-21(11-24(23)18-34)15-32-8-5-20(6-9-32)16-33-10-7-22(31(39)40)12-29(33)37/h3-4,11,13-14,19-20,22,35-36H,5-10,12,15-18H2,1-2H3,(H,39,40). The second-order valence-corrected chi connectivity index (χ2v) is 11.9. The van der Waals surface area contributed by atoms with Crippen LogP contribution in [-0.4, -0.2) is 74.0 Å². The van der Waals surface area contributed by atoms with Gasteiger partial charge in [0.15, 0.2) is 0 Å². The Labute approximate surface area is 235 Å². The van der Waals surface area contributed by atoms with Gasteiger partial charge in [-0.1, -0.05) is 32.0 Å². The van der Waals surface area contributed by atoms with Crippen LogP contribution in [0, 0.1) is 11.8 Å². The number of hydrogen-bond acceptors (Lipinski definition) is 6. The van der Waals surface area contributed by atoms with Crippen molar-refractivity contribution in [1.82, 2.24) is 14.7 Å². The molecule has 40 heavy (non-hydrogen) atoms. The number of carbonyl (C=O) groups is 3. The number of likely N-dealkylation sites (tertiary alicyclic amines) is 2. The molecule has 214 valence electrons. The summed E-state index contributed by atoms with van der Waals surface area (Å²) in [5.74, 6) is -1.44. The van der Waals surface area contributed by atoms with E-state index < -0.39 is 11.9 Å². The highest BCUT2D eigenvalue weighted by atomic mass is 16.4. The molecular formula is C31H39N3O6. The van der Waals surface area contributed by atoms with Gasteiger partial charge in [-0.3, -0.25) is 19.3 Å². The molecule has 0 bridgehead atoms. The molecule has 0 radical (unpaired) electrons. The van der Waals surface area contributed by atoms with Crippen molar-refractivity contribution < 1.29 is 29.7 Å². The Kier molecular flexibility index (Phi) is 8.03. The lowest BCUT2D eigenvalue weighted by Gasteiger charge is -2.37. The molecule has 5 rings (SSSR count). The molecule has 3 heterocycles. The number of carboxylic acid groups (broad SMARTS) is 1. The van der Waals surface area contributed by atoms with Gasteiger partial charge >= 0.3 is 5.97 Å². The molecule has 2 amide bonds. The minimum Gasteiger partial charge on any atom is -0.508 e. The third-order valence-corrected chi connectivity index (χ3v) is 8.74. The zero-order chi connectivity index (χ0) is 28.6. The van der Waals surface area contributed by atoms with Gasteiger partial charge in [-0.15, -0.1) is 0 Å². The van der Waals surface area contributed by atoms with Crippen molar-refractivity contribution in [2.24, 2.45) is 11.8 Å². The lowest BCUT2D eigenvalue weighted by atomic mass is 9.92. The molecule has 2 aromatic rings. The molecular weight excluding hydrogens is 510 g/mol. The largest absolute Gasteiger partial charge is 0.508 e. The van der Waals surface area contributed by atoms with Gasteiger partial charge < -0.3 is 25.1 Å². The molecule has 3 aliphatic heterocycles. The summed E-state index contributed by atoms with van der Waals surface area (Å²) in [7, 11) is 0. The second kappa shape index (κ2) is 11.5. The summed E-state index contributed by atoms with van der Waals surface area (Å²) in [5.41, 5.74) is 4.27. The van der Waals surface area contributed by atoms with Gasteiger partial charge in [0.2, 0.25) is 5.91 Å². The van der Waals surface area contributed by atoms with E-state index in [0.29, 0.717) is 37.5 Å². The van der Waals surface area contributed by atoms with E-state index in [0.717, 1.165) is 50.1 Å². The molecule has 0 spiro atoms. The number of piperidine rings is 2. The van der Waals surface area contributed by atoms with Crippen molar-refractivity contribution in [3.63, 3.8) is 0 Å². The van der Waals surface area contributed by atoms with Crippen LogP contribution >= 0.6 is 0 Å². The number of aliphatic carboxylic acids is 1. The highest BCUT2D eigenvalue weighted by Gasteiger charge is 2.32. The molecule has 3 N–H and O–H groups in total. The van der Waals surface area contributed by atoms with E-state index in [9.17, 15) is 29.7 Å². The molecule has 2 saturated heterocycles. The maximum Gasteiger partial charge on any atom is 0.307 e. The number of aromatic hydroxyl groups is 2. The van der Waals surface area contributed by atoms with E-state index >= 15 is 0 Å². The Balaban J connectivity index is 1.14. The Bertz CT molecular complexity index is 1300. The van der Waals surface area contributed by atoms with Crippen LogP contribution in [0.25, 0.3) is 0 Å². The van der Waals surface area contributed by atoms with Gasteiger partial charge in [0.05, 0.1) is 11.5 Å². The van der Waals surface area contributed by atoms with Gasteiger partial charge in [0.1, 0.15) is 11.5 Å². The number of carboxylic acids is 1. The Morgan fingerprint density at radius 2 is 1.68 bits per heavy atom. The number of hydrogen-bond donors (Lipinski definition) is 3. The molecule has 9 nitrogen and oxygen atoms in total. The molecule has 1 unspecified atom stereocenters. The average molecular weight is 550 g/mol. The van der Waals surface area contributed by atoms with Crippen LogP contribution < -0.4 is 0 Å². The lowest BCUT2D eigenvalue weighted by molar-refractivity contribution is -0.149. The number of fused-ring (bicyclic) bond motifs is 1. The van der Waals surface area contributed by atoms with Crippen LogP contribution in [0.1, 0.15) is 78.1 Å². The minimum absolute atomic E-state index is 0.00343. The zero-order valence-corrected chi connectivity index (χ0v) is 23.3. The summed E-state index contributed by atoms with van der Waals surface area (Å²) in [6.45, 7) is 8.82. The third kappa shape index (κ3) is 5.94. The predicted octanol–water partition coefficient (Wildman–Crippen LogP) is 3.91. The molecule has 9 heteroatoms. The number of amides is 2. The van der Waals surface area contributed by atoms with Gasteiger partial charge in [-0.05, 0) is 72.5 Å². The minimum atomic E-state index is -0.871. The van der Waals surface area contributed by atoms with E-state index in [1.807, 2.05) is 18.7 Å². The van der Waals surface area contributed by atoms with Gasteiger partial charge in [0, 0.05) is 45.2 Å². The topological polar surface area (TPSA) is 122 Å².